The summed E-state index contributed by atoms with van der Waals surface area (Å²) in [6, 6.07) is 0. The average molecular weight is 240 g/mol. The number of rotatable bonds is 11. The minimum Gasteiger partial charge on any atom is -0.466 e. The molecule has 0 radical (unpaired) electrons. The lowest BCUT2D eigenvalue weighted by Crippen LogP contribution is -2.02. The van der Waals surface area contributed by atoms with E-state index in [1.807, 2.05) is 6.92 Å². The lowest BCUT2D eigenvalue weighted by Gasteiger charge is -2.00. The molecule has 0 heterocycles. The molecule has 0 bridgehead atoms. The highest BCUT2D eigenvalue weighted by atomic mass is 16.5. The Bertz CT molecular complexity index is 197. The van der Waals surface area contributed by atoms with Crippen molar-refractivity contribution in [2.45, 2.75) is 71.6 Å². The second-order valence-electron chi connectivity index (χ2n) is 4.37. The van der Waals surface area contributed by atoms with Crippen molar-refractivity contribution in [2.24, 2.45) is 0 Å². The summed E-state index contributed by atoms with van der Waals surface area (Å²) in [7, 11) is 0. The van der Waals surface area contributed by atoms with Gasteiger partial charge in [0.2, 0.25) is 0 Å². The Morgan fingerprint density at radius 1 is 0.941 bits per heavy atom. The molecule has 2 nitrogen and oxygen atoms in total. The Balaban J connectivity index is 3.16. The standard InChI is InChI=1S/C15H28O2/c1-3-5-6-7-8-9-10-11-12-13-14-15(16)17-4-2/h9-10H,3-8,11-14H2,1-2H3/b10-9-. The van der Waals surface area contributed by atoms with E-state index in [1.165, 1.54) is 32.1 Å². The fourth-order valence-corrected chi connectivity index (χ4v) is 1.69. The maximum Gasteiger partial charge on any atom is 0.305 e. The highest BCUT2D eigenvalue weighted by molar-refractivity contribution is 5.69. The van der Waals surface area contributed by atoms with Crippen molar-refractivity contribution in [1.29, 1.82) is 0 Å². The molecule has 0 aromatic heterocycles. The summed E-state index contributed by atoms with van der Waals surface area (Å²) in [5.74, 6) is -0.0592. The van der Waals surface area contributed by atoms with Gasteiger partial charge < -0.3 is 4.74 Å². The molecule has 0 amide bonds. The zero-order chi connectivity index (χ0) is 12.8. The number of ether oxygens (including phenoxy) is 1. The lowest BCUT2D eigenvalue weighted by molar-refractivity contribution is -0.143. The molecule has 2 heteroatoms. The smallest absolute Gasteiger partial charge is 0.305 e. The summed E-state index contributed by atoms with van der Waals surface area (Å²) < 4.78 is 4.87. The summed E-state index contributed by atoms with van der Waals surface area (Å²) in [6.07, 6.45) is 14.7. The van der Waals surface area contributed by atoms with E-state index in [0.717, 1.165) is 19.3 Å². The highest BCUT2D eigenvalue weighted by Gasteiger charge is 1.99. The van der Waals surface area contributed by atoms with E-state index in [0.29, 0.717) is 13.0 Å². The number of carbonyl (C=O) groups excluding carboxylic acids is 1. The van der Waals surface area contributed by atoms with E-state index in [2.05, 4.69) is 19.1 Å². The fraction of sp³-hybridized carbons (Fsp3) is 0.800. The number of allylic oxidation sites excluding steroid dienone is 2. The van der Waals surface area contributed by atoms with Gasteiger partial charge in [-0.05, 0) is 39.0 Å². The first-order valence-corrected chi connectivity index (χ1v) is 7.11. The van der Waals surface area contributed by atoms with E-state index in [-0.39, 0.29) is 5.97 Å². The molecule has 0 saturated heterocycles. The first-order chi connectivity index (χ1) is 8.31. The van der Waals surface area contributed by atoms with Crippen molar-refractivity contribution >= 4 is 5.97 Å². The summed E-state index contributed by atoms with van der Waals surface area (Å²) in [4.78, 5) is 11.0. The molecule has 17 heavy (non-hydrogen) atoms. The molecule has 100 valence electrons. The van der Waals surface area contributed by atoms with Gasteiger partial charge in [-0.3, -0.25) is 4.79 Å². The SMILES string of the molecule is CCCCCC/C=C\CCCCC(=O)OCC. The predicted molar refractivity (Wildman–Crippen MR) is 73.0 cm³/mol. The number of carbonyl (C=O) groups is 1. The summed E-state index contributed by atoms with van der Waals surface area (Å²) in [6.45, 7) is 4.58. The minimum absolute atomic E-state index is 0.0592. The number of esters is 1. The zero-order valence-electron chi connectivity index (χ0n) is 11.5. The Morgan fingerprint density at radius 2 is 1.59 bits per heavy atom. The molecule has 0 aromatic rings. The molecule has 0 N–H and O–H groups in total. The molecular weight excluding hydrogens is 212 g/mol. The van der Waals surface area contributed by atoms with Crippen LogP contribution >= 0.6 is 0 Å². The quantitative estimate of drug-likeness (QED) is 0.299. The van der Waals surface area contributed by atoms with Gasteiger partial charge in [-0.15, -0.1) is 0 Å². The maximum absolute atomic E-state index is 11.0. The van der Waals surface area contributed by atoms with Crippen LogP contribution in [0, 0.1) is 0 Å². The van der Waals surface area contributed by atoms with Crippen LogP contribution in [-0.2, 0) is 9.53 Å². The molecular formula is C15H28O2. The normalized spacial score (nSPS) is 10.9. The Labute approximate surface area is 106 Å². The predicted octanol–water partition coefficient (Wildman–Crippen LogP) is 4.64. The van der Waals surface area contributed by atoms with Crippen molar-refractivity contribution in [3.8, 4) is 0 Å². The van der Waals surface area contributed by atoms with Gasteiger partial charge in [0.1, 0.15) is 0 Å². The number of unbranched alkanes of at least 4 members (excludes halogenated alkanes) is 6. The molecule has 0 aromatic carbocycles. The molecule has 0 saturated carbocycles. The van der Waals surface area contributed by atoms with Gasteiger partial charge in [0.05, 0.1) is 6.61 Å². The Hall–Kier alpha value is -0.790. The zero-order valence-corrected chi connectivity index (χ0v) is 11.5. The topological polar surface area (TPSA) is 26.3 Å². The van der Waals surface area contributed by atoms with E-state index in [9.17, 15) is 4.79 Å². The van der Waals surface area contributed by atoms with Crippen LogP contribution in [0.15, 0.2) is 12.2 Å². The fourth-order valence-electron chi connectivity index (χ4n) is 1.69. The van der Waals surface area contributed by atoms with Crippen LogP contribution in [0.25, 0.3) is 0 Å². The largest absolute Gasteiger partial charge is 0.466 e. The van der Waals surface area contributed by atoms with Gasteiger partial charge in [0, 0.05) is 6.42 Å². The first kappa shape index (κ1) is 16.2. The highest BCUT2D eigenvalue weighted by Crippen LogP contribution is 2.05. The minimum atomic E-state index is -0.0592. The van der Waals surface area contributed by atoms with Crippen LogP contribution in [0.4, 0.5) is 0 Å². The van der Waals surface area contributed by atoms with Crippen molar-refractivity contribution < 1.29 is 9.53 Å². The van der Waals surface area contributed by atoms with Gasteiger partial charge >= 0.3 is 5.97 Å². The van der Waals surface area contributed by atoms with E-state index in [4.69, 9.17) is 4.74 Å². The van der Waals surface area contributed by atoms with Crippen LogP contribution in [0.1, 0.15) is 71.6 Å². The van der Waals surface area contributed by atoms with Gasteiger partial charge in [-0.1, -0.05) is 38.3 Å². The van der Waals surface area contributed by atoms with Crippen molar-refractivity contribution in [3.63, 3.8) is 0 Å². The molecule has 0 aliphatic rings. The monoisotopic (exact) mass is 240 g/mol. The van der Waals surface area contributed by atoms with Crippen LogP contribution in [0.2, 0.25) is 0 Å². The molecule has 0 aliphatic heterocycles. The van der Waals surface area contributed by atoms with Crippen molar-refractivity contribution in [1.82, 2.24) is 0 Å². The van der Waals surface area contributed by atoms with Crippen molar-refractivity contribution in [3.05, 3.63) is 12.2 Å². The maximum atomic E-state index is 11.0. The summed E-state index contributed by atoms with van der Waals surface area (Å²) >= 11 is 0. The van der Waals surface area contributed by atoms with Gasteiger partial charge in [-0.2, -0.15) is 0 Å². The molecule has 0 atom stereocenters. The van der Waals surface area contributed by atoms with Gasteiger partial charge in [-0.25, -0.2) is 0 Å². The van der Waals surface area contributed by atoms with Crippen LogP contribution in [0.5, 0.6) is 0 Å². The van der Waals surface area contributed by atoms with Crippen LogP contribution < -0.4 is 0 Å². The Kier molecular flexibility index (Phi) is 12.7. The second kappa shape index (κ2) is 13.3. The second-order valence-corrected chi connectivity index (χ2v) is 4.37. The molecule has 0 unspecified atom stereocenters. The van der Waals surface area contributed by atoms with Crippen LogP contribution in [0.3, 0.4) is 0 Å². The van der Waals surface area contributed by atoms with Gasteiger partial charge in [0.15, 0.2) is 0 Å². The third kappa shape index (κ3) is 13.1. The van der Waals surface area contributed by atoms with E-state index in [1.54, 1.807) is 0 Å². The third-order valence-corrected chi connectivity index (χ3v) is 2.70. The summed E-state index contributed by atoms with van der Waals surface area (Å²) in [5, 5.41) is 0. The van der Waals surface area contributed by atoms with Crippen LogP contribution in [-0.4, -0.2) is 12.6 Å². The molecule has 0 spiro atoms. The molecule has 0 aliphatic carbocycles. The third-order valence-electron chi connectivity index (χ3n) is 2.70. The Morgan fingerprint density at radius 3 is 2.18 bits per heavy atom. The summed E-state index contributed by atoms with van der Waals surface area (Å²) in [5.41, 5.74) is 0. The van der Waals surface area contributed by atoms with E-state index < -0.39 is 0 Å². The van der Waals surface area contributed by atoms with E-state index >= 15 is 0 Å². The average Bonchev–Trinajstić information content (AvgIpc) is 2.32. The van der Waals surface area contributed by atoms with Gasteiger partial charge in [0.25, 0.3) is 0 Å². The molecule has 0 fully saturated rings. The first-order valence-electron chi connectivity index (χ1n) is 7.11. The molecule has 0 rings (SSSR count). The van der Waals surface area contributed by atoms with Crippen molar-refractivity contribution in [2.75, 3.05) is 6.61 Å². The number of hydrogen-bond acceptors (Lipinski definition) is 2. The lowest BCUT2D eigenvalue weighted by atomic mass is 10.1. The number of hydrogen-bond donors (Lipinski definition) is 0.